The number of amides is 2. The van der Waals surface area contributed by atoms with Gasteiger partial charge in [0.05, 0.1) is 13.0 Å². The van der Waals surface area contributed by atoms with Gasteiger partial charge in [0, 0.05) is 24.8 Å². The number of benzene rings is 1. The van der Waals surface area contributed by atoms with Crippen molar-refractivity contribution in [2.75, 3.05) is 38.2 Å². The monoisotopic (exact) mass is 320 g/mol. The van der Waals surface area contributed by atoms with Crippen LogP contribution < -0.4 is 14.8 Å². The summed E-state index contributed by atoms with van der Waals surface area (Å²) in [5.74, 6) is 0.879. The van der Waals surface area contributed by atoms with Crippen LogP contribution in [-0.4, -0.2) is 55.7 Å². The van der Waals surface area contributed by atoms with E-state index in [0.29, 0.717) is 50.1 Å². The SMILES string of the molecule is CCN1CCO[C@@H](CC(=O)Nc2ccc3c(c2)OCCO3)C1=O. The van der Waals surface area contributed by atoms with Crippen molar-refractivity contribution in [3.63, 3.8) is 0 Å². The number of morpholine rings is 1. The second-order valence-corrected chi connectivity index (χ2v) is 5.39. The molecule has 2 amide bonds. The quantitative estimate of drug-likeness (QED) is 0.897. The fourth-order valence-electron chi connectivity index (χ4n) is 2.65. The fourth-order valence-corrected chi connectivity index (χ4v) is 2.65. The van der Waals surface area contributed by atoms with Crippen LogP contribution in [0.1, 0.15) is 13.3 Å². The van der Waals surface area contributed by atoms with E-state index in [1.54, 1.807) is 23.1 Å². The van der Waals surface area contributed by atoms with Crippen LogP contribution in [0.4, 0.5) is 5.69 Å². The fraction of sp³-hybridized carbons (Fsp3) is 0.500. The van der Waals surface area contributed by atoms with Crippen LogP contribution in [0, 0.1) is 0 Å². The predicted molar refractivity (Wildman–Crippen MR) is 82.7 cm³/mol. The van der Waals surface area contributed by atoms with Gasteiger partial charge in [-0.2, -0.15) is 0 Å². The van der Waals surface area contributed by atoms with Crippen LogP contribution in [0.3, 0.4) is 0 Å². The molecule has 23 heavy (non-hydrogen) atoms. The molecule has 2 heterocycles. The van der Waals surface area contributed by atoms with E-state index in [4.69, 9.17) is 14.2 Å². The molecule has 0 spiro atoms. The molecule has 0 unspecified atom stereocenters. The van der Waals surface area contributed by atoms with Crippen molar-refractivity contribution in [3.8, 4) is 11.5 Å². The molecule has 1 aromatic rings. The number of anilines is 1. The van der Waals surface area contributed by atoms with Gasteiger partial charge in [0.1, 0.15) is 19.3 Å². The van der Waals surface area contributed by atoms with Crippen molar-refractivity contribution < 1.29 is 23.8 Å². The van der Waals surface area contributed by atoms with Gasteiger partial charge in [-0.25, -0.2) is 0 Å². The standard InChI is InChI=1S/C16H20N2O5/c1-2-18-5-6-21-14(16(18)20)10-15(19)17-11-3-4-12-13(9-11)23-8-7-22-12/h3-4,9,14H,2,5-8,10H2,1H3,(H,17,19)/t14-/m0/s1. The van der Waals surface area contributed by atoms with E-state index in [9.17, 15) is 9.59 Å². The molecular formula is C16H20N2O5. The largest absolute Gasteiger partial charge is 0.486 e. The van der Waals surface area contributed by atoms with Crippen molar-refractivity contribution in [3.05, 3.63) is 18.2 Å². The van der Waals surface area contributed by atoms with Gasteiger partial charge in [-0.3, -0.25) is 9.59 Å². The lowest BCUT2D eigenvalue weighted by Crippen LogP contribution is -2.48. The molecular weight excluding hydrogens is 300 g/mol. The smallest absolute Gasteiger partial charge is 0.252 e. The maximum absolute atomic E-state index is 12.2. The topological polar surface area (TPSA) is 77.1 Å². The van der Waals surface area contributed by atoms with Crippen LogP contribution in [0.5, 0.6) is 11.5 Å². The van der Waals surface area contributed by atoms with Crippen LogP contribution in [0.2, 0.25) is 0 Å². The molecule has 0 saturated carbocycles. The number of nitrogens with one attached hydrogen (secondary N) is 1. The van der Waals surface area contributed by atoms with Gasteiger partial charge < -0.3 is 24.4 Å². The molecule has 1 fully saturated rings. The van der Waals surface area contributed by atoms with Gasteiger partial charge in [0.25, 0.3) is 5.91 Å². The third-order valence-corrected chi connectivity index (χ3v) is 3.85. The minimum Gasteiger partial charge on any atom is -0.486 e. The molecule has 1 aromatic carbocycles. The number of carbonyl (C=O) groups excluding carboxylic acids is 2. The highest BCUT2D eigenvalue weighted by molar-refractivity contribution is 5.95. The Morgan fingerprint density at radius 1 is 1.26 bits per heavy atom. The maximum Gasteiger partial charge on any atom is 0.252 e. The molecule has 7 heteroatoms. The van der Waals surface area contributed by atoms with Gasteiger partial charge in [-0.1, -0.05) is 0 Å². The molecule has 1 N–H and O–H groups in total. The Hall–Kier alpha value is -2.28. The van der Waals surface area contributed by atoms with Crippen molar-refractivity contribution in [1.82, 2.24) is 4.90 Å². The molecule has 1 atom stereocenters. The molecule has 1 saturated heterocycles. The van der Waals surface area contributed by atoms with Crippen LogP contribution in [-0.2, 0) is 14.3 Å². The maximum atomic E-state index is 12.2. The molecule has 0 aromatic heterocycles. The molecule has 2 aliphatic rings. The summed E-state index contributed by atoms with van der Waals surface area (Å²) in [6.07, 6.45) is -0.704. The normalized spacial score (nSPS) is 20.3. The van der Waals surface area contributed by atoms with E-state index in [1.807, 2.05) is 6.92 Å². The summed E-state index contributed by atoms with van der Waals surface area (Å²) in [5.41, 5.74) is 0.606. The van der Waals surface area contributed by atoms with E-state index < -0.39 is 6.10 Å². The third kappa shape index (κ3) is 3.56. The summed E-state index contributed by atoms with van der Waals surface area (Å²) in [6.45, 7) is 4.59. The van der Waals surface area contributed by atoms with Crippen LogP contribution >= 0.6 is 0 Å². The Kier molecular flexibility index (Phi) is 4.66. The van der Waals surface area contributed by atoms with Gasteiger partial charge in [0.2, 0.25) is 5.91 Å². The minimum absolute atomic E-state index is 0.00375. The van der Waals surface area contributed by atoms with Crippen LogP contribution in [0.15, 0.2) is 18.2 Å². The van der Waals surface area contributed by atoms with Crippen LogP contribution in [0.25, 0.3) is 0 Å². The summed E-state index contributed by atoms with van der Waals surface area (Å²) in [7, 11) is 0. The minimum atomic E-state index is -0.707. The van der Waals surface area contributed by atoms with E-state index in [1.165, 1.54) is 0 Å². The Morgan fingerprint density at radius 2 is 2.04 bits per heavy atom. The van der Waals surface area contributed by atoms with E-state index in [2.05, 4.69) is 5.32 Å². The average Bonchev–Trinajstić information content (AvgIpc) is 2.56. The Morgan fingerprint density at radius 3 is 2.83 bits per heavy atom. The van der Waals surface area contributed by atoms with Crippen molar-refractivity contribution in [2.24, 2.45) is 0 Å². The zero-order valence-electron chi connectivity index (χ0n) is 13.0. The van der Waals surface area contributed by atoms with Gasteiger partial charge in [-0.05, 0) is 19.1 Å². The highest BCUT2D eigenvalue weighted by Crippen LogP contribution is 2.32. The van der Waals surface area contributed by atoms with Crippen molar-refractivity contribution >= 4 is 17.5 Å². The van der Waals surface area contributed by atoms with E-state index >= 15 is 0 Å². The number of ether oxygens (including phenoxy) is 3. The summed E-state index contributed by atoms with van der Waals surface area (Å²) >= 11 is 0. The Balaban J connectivity index is 1.60. The number of rotatable bonds is 4. The van der Waals surface area contributed by atoms with Gasteiger partial charge >= 0.3 is 0 Å². The zero-order valence-corrected chi connectivity index (χ0v) is 13.0. The van der Waals surface area contributed by atoms with Gasteiger partial charge in [0.15, 0.2) is 11.5 Å². The second kappa shape index (κ2) is 6.87. The first-order valence-electron chi connectivity index (χ1n) is 7.77. The third-order valence-electron chi connectivity index (χ3n) is 3.85. The number of fused-ring (bicyclic) bond motifs is 1. The molecule has 0 bridgehead atoms. The summed E-state index contributed by atoms with van der Waals surface area (Å²) in [5, 5.41) is 2.77. The average molecular weight is 320 g/mol. The van der Waals surface area contributed by atoms with Gasteiger partial charge in [-0.15, -0.1) is 0 Å². The first-order valence-corrected chi connectivity index (χ1v) is 7.77. The molecule has 124 valence electrons. The molecule has 3 rings (SSSR count). The predicted octanol–water partition coefficient (Wildman–Crippen LogP) is 1.03. The first-order chi connectivity index (χ1) is 11.2. The lowest BCUT2D eigenvalue weighted by molar-refractivity contribution is -0.154. The lowest BCUT2D eigenvalue weighted by atomic mass is 10.1. The highest BCUT2D eigenvalue weighted by atomic mass is 16.6. The Bertz CT molecular complexity index is 604. The summed E-state index contributed by atoms with van der Waals surface area (Å²) < 4.78 is 16.3. The van der Waals surface area contributed by atoms with E-state index in [-0.39, 0.29) is 18.2 Å². The van der Waals surface area contributed by atoms with E-state index in [0.717, 1.165) is 0 Å². The number of nitrogens with zero attached hydrogens (tertiary/aromatic N) is 1. The zero-order chi connectivity index (χ0) is 16.2. The molecule has 0 radical (unpaired) electrons. The van der Waals surface area contributed by atoms with Crippen molar-refractivity contribution in [1.29, 1.82) is 0 Å². The second-order valence-electron chi connectivity index (χ2n) is 5.39. The number of carbonyl (C=O) groups is 2. The molecule has 0 aliphatic carbocycles. The number of likely N-dealkylation sites (N-methyl/N-ethyl adjacent to an activating group) is 1. The lowest BCUT2D eigenvalue weighted by Gasteiger charge is -2.31. The highest BCUT2D eigenvalue weighted by Gasteiger charge is 2.30. The summed E-state index contributed by atoms with van der Waals surface area (Å²) in [4.78, 5) is 26.0. The molecule has 2 aliphatic heterocycles. The Labute approximate surface area is 134 Å². The van der Waals surface area contributed by atoms with Crippen molar-refractivity contribution in [2.45, 2.75) is 19.4 Å². The summed E-state index contributed by atoms with van der Waals surface area (Å²) in [6, 6.07) is 5.22. The number of hydrogen-bond donors (Lipinski definition) is 1. The first kappa shape index (κ1) is 15.6. The molecule has 7 nitrogen and oxygen atoms in total. The number of hydrogen-bond acceptors (Lipinski definition) is 5.